The van der Waals surface area contributed by atoms with Gasteiger partial charge in [-0.2, -0.15) is 5.26 Å². The monoisotopic (exact) mass is 228 g/mol. The van der Waals surface area contributed by atoms with E-state index in [1.54, 1.807) is 6.07 Å². The molecule has 1 rings (SSSR count). The van der Waals surface area contributed by atoms with Crippen molar-refractivity contribution in [3.05, 3.63) is 27.3 Å². The second kappa shape index (κ2) is 4.48. The van der Waals surface area contributed by atoms with Gasteiger partial charge in [0, 0.05) is 11.6 Å². The number of nitrogen functional groups attached to an aromatic ring is 1. The van der Waals surface area contributed by atoms with Gasteiger partial charge in [0.05, 0.1) is 18.1 Å². The molecule has 16 heavy (non-hydrogen) atoms. The molecule has 0 radical (unpaired) electrons. The summed E-state index contributed by atoms with van der Waals surface area (Å²) >= 11 is 0. The molecule has 0 bridgehead atoms. The van der Waals surface area contributed by atoms with E-state index in [1.807, 2.05) is 0 Å². The Kier molecular flexibility index (Phi) is 3.30. The van der Waals surface area contributed by atoms with Crippen LogP contribution in [0.1, 0.15) is 17.6 Å². The molecule has 0 aliphatic heterocycles. The molecule has 1 aromatic rings. The Labute approximate surface area is 88.5 Å². The Bertz CT molecular complexity index is 470. The standard InChI is InChI=1S/C8H6F2N4O2/c9-7(10)5-3-6(12)13-8(14(15)16)4(5)1-2-11/h3,7H,1H2,(H2,12,13). The minimum absolute atomic E-state index is 0.372. The van der Waals surface area contributed by atoms with Crippen molar-refractivity contribution in [3.8, 4) is 6.07 Å². The van der Waals surface area contributed by atoms with Crippen LogP contribution in [0.3, 0.4) is 0 Å². The summed E-state index contributed by atoms with van der Waals surface area (Å²) in [6.45, 7) is 0. The molecule has 0 atom stereocenters. The predicted octanol–water partition coefficient (Wildman–Crippen LogP) is 1.58. The number of hydrogen-bond acceptors (Lipinski definition) is 5. The second-order valence-electron chi connectivity index (χ2n) is 2.83. The Hall–Kier alpha value is -2.30. The highest BCUT2D eigenvalue weighted by Crippen LogP contribution is 2.30. The van der Waals surface area contributed by atoms with E-state index >= 15 is 0 Å². The van der Waals surface area contributed by atoms with Gasteiger partial charge in [-0.3, -0.25) is 0 Å². The normalized spacial score (nSPS) is 10.1. The van der Waals surface area contributed by atoms with Gasteiger partial charge in [0.2, 0.25) is 5.82 Å². The molecule has 6 nitrogen and oxygen atoms in total. The number of nitriles is 1. The number of pyridine rings is 1. The van der Waals surface area contributed by atoms with Crippen molar-refractivity contribution in [1.82, 2.24) is 4.98 Å². The Morgan fingerprint density at radius 2 is 2.31 bits per heavy atom. The van der Waals surface area contributed by atoms with Gasteiger partial charge in [-0.25, -0.2) is 8.78 Å². The summed E-state index contributed by atoms with van der Waals surface area (Å²) in [5, 5.41) is 19.0. The zero-order chi connectivity index (χ0) is 12.3. The fourth-order valence-corrected chi connectivity index (χ4v) is 1.20. The predicted molar refractivity (Wildman–Crippen MR) is 49.6 cm³/mol. The van der Waals surface area contributed by atoms with Gasteiger partial charge < -0.3 is 15.8 Å². The van der Waals surface area contributed by atoms with Gasteiger partial charge in [-0.1, -0.05) is 0 Å². The molecule has 1 aromatic heterocycles. The van der Waals surface area contributed by atoms with Crippen molar-refractivity contribution < 1.29 is 13.7 Å². The number of nitrogens with zero attached hydrogens (tertiary/aromatic N) is 3. The van der Waals surface area contributed by atoms with Gasteiger partial charge in [0.1, 0.15) is 0 Å². The Balaban J connectivity index is 3.48. The third kappa shape index (κ3) is 2.20. The van der Waals surface area contributed by atoms with Crippen molar-refractivity contribution in [2.24, 2.45) is 0 Å². The fraction of sp³-hybridized carbons (Fsp3) is 0.250. The topological polar surface area (TPSA) is 106 Å². The average Bonchev–Trinajstić information content (AvgIpc) is 2.19. The highest BCUT2D eigenvalue weighted by Gasteiger charge is 2.25. The first-order valence-corrected chi connectivity index (χ1v) is 4.06. The van der Waals surface area contributed by atoms with E-state index in [-0.39, 0.29) is 5.82 Å². The highest BCUT2D eigenvalue weighted by atomic mass is 19.3. The Morgan fingerprint density at radius 1 is 1.69 bits per heavy atom. The minimum atomic E-state index is -2.94. The lowest BCUT2D eigenvalue weighted by atomic mass is 10.1. The van der Waals surface area contributed by atoms with E-state index in [0.717, 1.165) is 6.07 Å². The number of alkyl halides is 2. The second-order valence-corrected chi connectivity index (χ2v) is 2.83. The Morgan fingerprint density at radius 3 is 2.75 bits per heavy atom. The minimum Gasteiger partial charge on any atom is -0.363 e. The van der Waals surface area contributed by atoms with Crippen molar-refractivity contribution in [2.45, 2.75) is 12.8 Å². The lowest BCUT2D eigenvalue weighted by Crippen LogP contribution is -2.06. The number of hydrogen-bond donors (Lipinski definition) is 1. The summed E-state index contributed by atoms with van der Waals surface area (Å²) in [6.07, 6.45) is -3.45. The molecular formula is C8H6F2N4O2. The van der Waals surface area contributed by atoms with Crippen molar-refractivity contribution in [1.29, 1.82) is 5.26 Å². The smallest absolute Gasteiger partial charge is 0.363 e. The first kappa shape index (κ1) is 11.8. The van der Waals surface area contributed by atoms with E-state index in [2.05, 4.69) is 4.98 Å². The van der Waals surface area contributed by atoms with Gasteiger partial charge in [-0.05, 0) is 9.91 Å². The number of halogens is 2. The van der Waals surface area contributed by atoms with E-state index in [9.17, 15) is 18.9 Å². The molecule has 8 heteroatoms. The molecule has 0 saturated carbocycles. The number of nitro groups is 1. The van der Waals surface area contributed by atoms with E-state index in [4.69, 9.17) is 11.0 Å². The molecule has 0 aromatic carbocycles. The molecule has 2 N–H and O–H groups in total. The number of aromatic nitrogens is 1. The third-order valence-corrected chi connectivity index (χ3v) is 1.82. The van der Waals surface area contributed by atoms with Crippen LogP contribution in [0.4, 0.5) is 20.4 Å². The van der Waals surface area contributed by atoms with Crippen LogP contribution in [0.2, 0.25) is 0 Å². The van der Waals surface area contributed by atoms with Crippen LogP contribution in [0, 0.1) is 21.4 Å². The van der Waals surface area contributed by atoms with Crippen LogP contribution >= 0.6 is 0 Å². The lowest BCUT2D eigenvalue weighted by molar-refractivity contribution is -0.390. The van der Waals surface area contributed by atoms with Gasteiger partial charge in [-0.15, -0.1) is 0 Å². The van der Waals surface area contributed by atoms with Crippen molar-refractivity contribution in [3.63, 3.8) is 0 Å². The zero-order valence-electron chi connectivity index (χ0n) is 7.85. The largest absolute Gasteiger partial charge is 0.370 e. The summed E-state index contributed by atoms with van der Waals surface area (Å²) in [7, 11) is 0. The number of anilines is 1. The molecule has 1 heterocycles. The molecule has 0 amide bonds. The summed E-state index contributed by atoms with van der Waals surface area (Å²) in [6, 6.07) is 2.41. The first-order valence-electron chi connectivity index (χ1n) is 4.06. The maximum absolute atomic E-state index is 12.6. The maximum atomic E-state index is 12.6. The summed E-state index contributed by atoms with van der Waals surface area (Å²) in [4.78, 5) is 12.9. The third-order valence-electron chi connectivity index (χ3n) is 1.82. The fourth-order valence-electron chi connectivity index (χ4n) is 1.20. The van der Waals surface area contributed by atoms with Gasteiger partial charge >= 0.3 is 5.82 Å². The van der Waals surface area contributed by atoms with Crippen LogP contribution in [0.25, 0.3) is 0 Å². The molecule has 0 spiro atoms. The summed E-state index contributed by atoms with van der Waals surface area (Å²) < 4.78 is 25.1. The molecule has 0 unspecified atom stereocenters. The highest BCUT2D eigenvalue weighted by molar-refractivity contribution is 5.49. The van der Waals surface area contributed by atoms with Crippen LogP contribution in [0.15, 0.2) is 6.07 Å². The van der Waals surface area contributed by atoms with E-state index in [0.29, 0.717) is 0 Å². The summed E-state index contributed by atoms with van der Waals surface area (Å²) in [5.41, 5.74) is 4.15. The molecular weight excluding hydrogens is 222 g/mol. The molecule has 0 aliphatic carbocycles. The number of nitrogens with two attached hydrogens (primary N) is 1. The van der Waals surface area contributed by atoms with E-state index < -0.39 is 34.7 Å². The molecule has 84 valence electrons. The van der Waals surface area contributed by atoms with Crippen LogP contribution in [-0.4, -0.2) is 9.91 Å². The van der Waals surface area contributed by atoms with Crippen LogP contribution < -0.4 is 5.73 Å². The van der Waals surface area contributed by atoms with E-state index in [1.165, 1.54) is 0 Å². The van der Waals surface area contributed by atoms with Gasteiger partial charge in [0.15, 0.2) is 0 Å². The number of rotatable bonds is 3. The quantitative estimate of drug-likeness (QED) is 0.624. The maximum Gasteiger partial charge on any atom is 0.370 e. The SMILES string of the molecule is N#CCc1c(C(F)F)cc(N)nc1[N+](=O)[O-]. The average molecular weight is 228 g/mol. The van der Waals surface area contributed by atoms with Crippen LogP contribution in [-0.2, 0) is 6.42 Å². The van der Waals surface area contributed by atoms with Crippen molar-refractivity contribution >= 4 is 11.6 Å². The zero-order valence-corrected chi connectivity index (χ0v) is 7.85. The summed E-state index contributed by atoms with van der Waals surface area (Å²) in [5.74, 6) is -1.17. The van der Waals surface area contributed by atoms with Gasteiger partial charge in [0.25, 0.3) is 6.43 Å². The molecule has 0 fully saturated rings. The molecule has 0 saturated heterocycles. The molecule has 0 aliphatic rings. The first-order chi connectivity index (χ1) is 7.47. The van der Waals surface area contributed by atoms with Crippen LogP contribution in [0.5, 0.6) is 0 Å². The lowest BCUT2D eigenvalue weighted by Gasteiger charge is -2.06. The van der Waals surface area contributed by atoms with Crippen molar-refractivity contribution in [2.75, 3.05) is 5.73 Å².